The molecule has 4 N–H and O–H groups in total. The molecule has 4 aromatic carbocycles. The number of carboxylic acid groups (broad SMARTS) is 1. The predicted octanol–water partition coefficient (Wildman–Crippen LogP) is 13.1. The number of aliphatic carboxylic acids is 1. The molecule has 3 amide bonds. The monoisotopic (exact) mass is 1140 g/mol. The van der Waals surface area contributed by atoms with Crippen LogP contribution in [0.3, 0.4) is 0 Å². The number of likely N-dealkylation sites (tertiary alicyclic amines) is 3. The summed E-state index contributed by atoms with van der Waals surface area (Å²) in [5.41, 5.74) is 4.42. The molecule has 0 saturated carbocycles. The Bertz CT molecular complexity index is 2330. The van der Waals surface area contributed by atoms with Gasteiger partial charge >= 0.3 is 18.2 Å². The van der Waals surface area contributed by atoms with Crippen molar-refractivity contribution >= 4 is 24.1 Å². The van der Waals surface area contributed by atoms with Crippen LogP contribution in [0.15, 0.2) is 121 Å². The van der Waals surface area contributed by atoms with Crippen molar-refractivity contribution < 1.29 is 33.8 Å². The summed E-state index contributed by atoms with van der Waals surface area (Å²) in [5, 5.41) is 20.3. The summed E-state index contributed by atoms with van der Waals surface area (Å²) >= 11 is 0. The third-order valence-electron chi connectivity index (χ3n) is 16.5. The molecule has 0 aromatic heterocycles. The van der Waals surface area contributed by atoms with Gasteiger partial charge in [-0.15, -0.1) is 0 Å². The molecule has 4 aliphatic heterocycles. The van der Waals surface area contributed by atoms with Gasteiger partial charge in [0.25, 0.3) is 0 Å². The first-order valence-corrected chi connectivity index (χ1v) is 31.8. The van der Waals surface area contributed by atoms with Gasteiger partial charge in [-0.3, -0.25) is 9.59 Å². The topological polar surface area (TPSA) is 153 Å². The zero-order valence-corrected chi connectivity index (χ0v) is 51.5. The number of hydrogen-bond donors (Lipinski definition) is 4. The van der Waals surface area contributed by atoms with E-state index >= 15 is 0 Å². The van der Waals surface area contributed by atoms with Gasteiger partial charge in [-0.25, -0.2) is 9.59 Å². The number of rotatable bonds is 22. The van der Waals surface area contributed by atoms with E-state index < -0.39 is 17.2 Å². The Labute approximate surface area is 499 Å². The number of carboxylic acids is 1. The minimum absolute atomic E-state index is 0.101. The van der Waals surface area contributed by atoms with Crippen molar-refractivity contribution in [1.29, 1.82) is 0 Å². The molecule has 13 heteroatoms. The molecule has 8 rings (SSSR count). The second kappa shape index (κ2) is 35.5. The van der Waals surface area contributed by atoms with E-state index in [4.69, 9.17) is 9.47 Å². The molecule has 83 heavy (non-hydrogen) atoms. The lowest BCUT2D eigenvalue weighted by atomic mass is 9.91. The first kappa shape index (κ1) is 66.4. The molecule has 0 unspecified atom stereocenters. The zero-order valence-electron chi connectivity index (χ0n) is 51.5. The molecule has 4 aliphatic rings. The Kier molecular flexibility index (Phi) is 28.4. The van der Waals surface area contributed by atoms with Crippen LogP contribution in [0.5, 0.6) is 0 Å². The largest absolute Gasteiger partial charge is 0.481 e. The molecule has 0 spiro atoms. The van der Waals surface area contributed by atoms with Crippen molar-refractivity contribution in [3.63, 3.8) is 0 Å². The molecule has 0 aliphatic carbocycles. The summed E-state index contributed by atoms with van der Waals surface area (Å²) in [6, 6.07) is 43.9. The Morgan fingerprint density at radius 2 is 0.723 bits per heavy atom. The summed E-state index contributed by atoms with van der Waals surface area (Å²) in [6.45, 7) is 18.5. The third-order valence-corrected chi connectivity index (χ3v) is 16.5. The highest BCUT2D eigenvalue weighted by Crippen LogP contribution is 2.25. The minimum Gasteiger partial charge on any atom is -0.481 e. The number of nitrogens with one attached hydrogen (secondary N) is 3. The quantitative estimate of drug-likeness (QED) is 0.0598. The average molecular weight is 1140 g/mol. The minimum atomic E-state index is -0.652. The SMILES string of the molecule is CC(C)(C)OC(=O)N1CCC(NC2CCN(C(=O)C(CCCc3ccccc3)CCCc3ccccc3)CC2)CC1.CC(C)(C)OC(=O)N1CCC(NC2CCNCC2)CC1.O=C(O)C(CCCc1ccccc1)CCCc1ccccc1. The first-order chi connectivity index (χ1) is 40.0. The Morgan fingerprint density at radius 1 is 0.446 bits per heavy atom. The molecule has 4 heterocycles. The van der Waals surface area contributed by atoms with Crippen LogP contribution >= 0.6 is 0 Å². The zero-order chi connectivity index (χ0) is 59.3. The number of carbonyl (C=O) groups excluding carboxylic acids is 3. The van der Waals surface area contributed by atoms with Crippen molar-refractivity contribution in [2.75, 3.05) is 52.4 Å². The number of nitrogens with zero attached hydrogens (tertiary/aromatic N) is 3. The highest BCUT2D eigenvalue weighted by Gasteiger charge is 2.32. The van der Waals surface area contributed by atoms with Crippen LogP contribution in [0.1, 0.15) is 167 Å². The van der Waals surface area contributed by atoms with Crippen LogP contribution < -0.4 is 16.0 Å². The number of piperidine rings is 4. The van der Waals surface area contributed by atoms with Gasteiger partial charge in [0.15, 0.2) is 0 Å². The van der Waals surface area contributed by atoms with Crippen molar-refractivity contribution in [3.05, 3.63) is 144 Å². The van der Waals surface area contributed by atoms with Gasteiger partial charge in [-0.05, 0) is 205 Å². The van der Waals surface area contributed by atoms with E-state index in [1.54, 1.807) is 0 Å². The summed E-state index contributed by atoms with van der Waals surface area (Å²) < 4.78 is 11.0. The van der Waals surface area contributed by atoms with Gasteiger partial charge in [0.05, 0.1) is 5.92 Å². The molecule has 4 fully saturated rings. The fraction of sp³-hybridized carbons (Fsp3) is 0.600. The van der Waals surface area contributed by atoms with Gasteiger partial charge < -0.3 is 45.2 Å². The fourth-order valence-corrected chi connectivity index (χ4v) is 11.9. The van der Waals surface area contributed by atoms with Crippen LogP contribution in [0.25, 0.3) is 0 Å². The van der Waals surface area contributed by atoms with Crippen LogP contribution in [-0.2, 0) is 44.7 Å². The van der Waals surface area contributed by atoms with E-state index in [0.717, 1.165) is 168 Å². The molecule has 0 atom stereocenters. The fourth-order valence-electron chi connectivity index (χ4n) is 11.9. The molecule has 0 radical (unpaired) electrons. The third kappa shape index (κ3) is 26.4. The number of carbonyl (C=O) groups is 4. The van der Waals surface area contributed by atoms with E-state index in [9.17, 15) is 24.3 Å². The lowest BCUT2D eigenvalue weighted by molar-refractivity contribution is -0.142. The standard InChI is InChI=1S/C35H51N3O3.C20H24O2.C15H29N3O2/c1-35(2,3)41-34(40)38-26-22-32(23-27-38)36-31-20-24-37(25-21-31)33(39)30(18-10-16-28-12-6-4-7-13-28)19-11-17-29-14-8-5-9-15-29;21-20(22)19(15-7-13-17-9-3-1-4-10-17)16-8-14-18-11-5-2-6-12-18;1-15(2,3)20-14(19)18-10-6-13(7-11-18)17-12-4-8-16-9-5-12/h4-9,12-15,30-32,36H,10-11,16-27H2,1-3H3;1-6,9-12,19H,7-8,13-16H2,(H,21,22);12-13,16-17H,4-11H2,1-3H3. The molecular formula is C70H104N6O7. The molecular weight excluding hydrogens is 1040 g/mol. The van der Waals surface area contributed by atoms with Crippen LogP contribution in [0.4, 0.5) is 9.59 Å². The predicted molar refractivity (Wildman–Crippen MR) is 336 cm³/mol. The number of hydrogen-bond acceptors (Lipinski definition) is 9. The second-order valence-electron chi connectivity index (χ2n) is 25.7. The highest BCUT2D eigenvalue weighted by atomic mass is 16.6. The first-order valence-electron chi connectivity index (χ1n) is 31.8. The molecule has 456 valence electrons. The maximum absolute atomic E-state index is 13.7. The van der Waals surface area contributed by atoms with Crippen molar-refractivity contribution in [2.24, 2.45) is 11.8 Å². The molecule has 4 saturated heterocycles. The number of ether oxygens (including phenoxy) is 2. The maximum Gasteiger partial charge on any atom is 0.410 e. The summed E-state index contributed by atoms with van der Waals surface area (Å²) in [7, 11) is 0. The average Bonchev–Trinajstić information content (AvgIpc) is 3.50. The van der Waals surface area contributed by atoms with E-state index in [-0.39, 0.29) is 24.0 Å². The Balaban J connectivity index is 0.000000221. The van der Waals surface area contributed by atoms with Gasteiger partial charge in [0, 0.05) is 69.4 Å². The lowest BCUT2D eigenvalue weighted by Crippen LogP contribution is -2.52. The normalized spacial score (nSPS) is 16.8. The van der Waals surface area contributed by atoms with Gasteiger partial charge in [0.2, 0.25) is 5.91 Å². The van der Waals surface area contributed by atoms with Crippen LogP contribution in [0.2, 0.25) is 0 Å². The Hall–Kier alpha value is -5.76. The lowest BCUT2D eigenvalue weighted by Gasteiger charge is -2.39. The van der Waals surface area contributed by atoms with Gasteiger partial charge in [-0.1, -0.05) is 121 Å². The van der Waals surface area contributed by atoms with E-state index in [2.05, 4.69) is 106 Å². The van der Waals surface area contributed by atoms with Gasteiger partial charge in [0.1, 0.15) is 11.2 Å². The summed E-state index contributed by atoms with van der Waals surface area (Å²) in [6.07, 6.45) is 19.4. The van der Waals surface area contributed by atoms with E-state index in [1.807, 2.05) is 87.7 Å². The Morgan fingerprint density at radius 3 is 1.01 bits per heavy atom. The number of benzene rings is 4. The second-order valence-corrected chi connectivity index (χ2v) is 25.7. The van der Waals surface area contributed by atoms with Crippen molar-refractivity contribution in [3.8, 4) is 0 Å². The van der Waals surface area contributed by atoms with Crippen LogP contribution in [-0.4, -0.2) is 132 Å². The van der Waals surface area contributed by atoms with E-state index in [1.165, 1.54) is 35.1 Å². The number of amides is 3. The van der Waals surface area contributed by atoms with Crippen LogP contribution in [0, 0.1) is 11.8 Å². The number of aryl methyl sites for hydroxylation is 4. The molecule has 0 bridgehead atoms. The smallest absolute Gasteiger partial charge is 0.410 e. The van der Waals surface area contributed by atoms with Crippen molar-refractivity contribution in [2.45, 2.75) is 205 Å². The van der Waals surface area contributed by atoms with Crippen molar-refractivity contribution in [1.82, 2.24) is 30.7 Å². The summed E-state index contributed by atoms with van der Waals surface area (Å²) in [5.74, 6) is -0.409. The van der Waals surface area contributed by atoms with E-state index in [0.29, 0.717) is 30.1 Å². The summed E-state index contributed by atoms with van der Waals surface area (Å²) in [4.78, 5) is 55.3. The van der Waals surface area contributed by atoms with Gasteiger partial charge in [-0.2, -0.15) is 0 Å². The molecule has 13 nitrogen and oxygen atoms in total. The maximum atomic E-state index is 13.7. The molecule has 4 aromatic rings. The highest BCUT2D eigenvalue weighted by molar-refractivity contribution is 5.79.